The molecule has 1 atom stereocenters. The zero-order valence-electron chi connectivity index (χ0n) is 8.37. The standard InChI is InChI=1S/C7H15NO2S.H3NOS/c1-3-7(8,6(9)10)4-5-11-2;1-3-2/h3-5,8H2,1-2H3,(H,9,10);1H,3H2/t7-;/m0./s1. The molecule has 0 spiro atoms. The topological polar surface area (TPSA) is 104 Å². The highest BCUT2D eigenvalue weighted by Gasteiger charge is 2.30. The second-order valence-corrected chi connectivity index (χ2v) is 3.85. The van der Waals surface area contributed by atoms with Crippen molar-refractivity contribution in [2.24, 2.45) is 5.73 Å². The Labute approximate surface area is 91.5 Å². The van der Waals surface area contributed by atoms with Crippen molar-refractivity contribution in [3.8, 4) is 0 Å². The Balaban J connectivity index is 0. The second kappa shape index (κ2) is 9.29. The Bertz CT molecular complexity index is 207. The van der Waals surface area contributed by atoms with Crippen LogP contribution >= 0.6 is 11.8 Å². The maximum Gasteiger partial charge on any atom is 0.323 e. The predicted molar refractivity (Wildman–Crippen MR) is 61.5 cm³/mol. The normalized spacial score (nSPS) is 14.5. The van der Waals surface area contributed by atoms with E-state index in [9.17, 15) is 4.79 Å². The van der Waals surface area contributed by atoms with Crippen LogP contribution < -0.4 is 5.73 Å². The van der Waals surface area contributed by atoms with Crippen LogP contribution in [0, 0.1) is 4.78 Å². The third kappa shape index (κ3) is 7.16. The molecule has 0 aromatic carbocycles. The fraction of sp³-hybridized carbons (Fsp3) is 0.857. The van der Waals surface area contributed by atoms with Gasteiger partial charge in [0.05, 0.1) is 0 Å². The van der Waals surface area contributed by atoms with Gasteiger partial charge in [-0.05, 0) is 24.9 Å². The number of nitrogens with two attached hydrogens (primary N) is 1. The highest BCUT2D eigenvalue weighted by molar-refractivity contribution is 7.98. The lowest BCUT2D eigenvalue weighted by Crippen LogP contribution is -2.47. The molecule has 0 saturated heterocycles. The molecule has 0 heterocycles. The fourth-order valence-electron chi connectivity index (χ4n) is 0.719. The molecule has 0 aliphatic rings. The van der Waals surface area contributed by atoms with Crippen LogP contribution in [0.3, 0.4) is 0 Å². The number of nitrogens with one attached hydrogen (secondary N) is 1. The molecular formula is C7H18N2O3S2. The minimum Gasteiger partial charge on any atom is -0.480 e. The Morgan fingerprint density at radius 2 is 2.14 bits per heavy atom. The number of carbonyl (C=O) groups is 1. The van der Waals surface area contributed by atoms with E-state index >= 15 is 0 Å². The summed E-state index contributed by atoms with van der Waals surface area (Å²) in [6.45, 7) is 1.80. The average molecular weight is 242 g/mol. The first kappa shape index (κ1) is 16.2. The molecule has 0 fully saturated rings. The van der Waals surface area contributed by atoms with Crippen LogP contribution in [0.2, 0.25) is 0 Å². The van der Waals surface area contributed by atoms with E-state index < -0.39 is 23.0 Å². The Hall–Kier alpha value is -0.270. The molecule has 5 nitrogen and oxygen atoms in total. The number of hydrogen-bond donors (Lipinski definition) is 3. The maximum atomic E-state index is 10.6. The number of aliphatic carboxylic acids is 1. The summed E-state index contributed by atoms with van der Waals surface area (Å²) in [6, 6.07) is 0. The van der Waals surface area contributed by atoms with E-state index in [1.165, 1.54) is 0 Å². The summed E-state index contributed by atoms with van der Waals surface area (Å²) >= 11 is 0.701. The van der Waals surface area contributed by atoms with Crippen molar-refractivity contribution in [2.45, 2.75) is 25.3 Å². The number of carboxylic acid groups (broad SMARTS) is 1. The first-order chi connectivity index (χ1) is 6.48. The van der Waals surface area contributed by atoms with Crippen LogP contribution in [0.4, 0.5) is 0 Å². The predicted octanol–water partition coefficient (Wildman–Crippen LogP) is 0.358. The van der Waals surface area contributed by atoms with Crippen LogP contribution in [0.15, 0.2) is 0 Å². The van der Waals surface area contributed by atoms with E-state index in [-0.39, 0.29) is 0 Å². The molecule has 0 aromatic rings. The van der Waals surface area contributed by atoms with Gasteiger partial charge in [0.15, 0.2) is 0 Å². The van der Waals surface area contributed by atoms with E-state index in [4.69, 9.17) is 19.8 Å². The second-order valence-electron chi connectivity index (χ2n) is 2.66. The third-order valence-corrected chi connectivity index (χ3v) is 2.42. The molecule has 0 aliphatic carbocycles. The van der Waals surface area contributed by atoms with Crippen molar-refractivity contribution >= 4 is 29.2 Å². The van der Waals surface area contributed by atoms with Crippen molar-refractivity contribution < 1.29 is 14.1 Å². The van der Waals surface area contributed by atoms with E-state index in [0.29, 0.717) is 12.8 Å². The number of rotatable bonds is 5. The molecule has 0 saturated carbocycles. The Kier molecular flexibility index (Phi) is 10.7. The number of thioether (sulfide) groups is 1. The molecule has 0 bridgehead atoms. The number of hydrogen-bond acceptors (Lipinski definition) is 5. The van der Waals surface area contributed by atoms with Gasteiger partial charge in [-0.25, -0.2) is 0 Å². The lowest BCUT2D eigenvalue weighted by molar-refractivity contribution is -0.143. The van der Waals surface area contributed by atoms with Crippen molar-refractivity contribution in [1.29, 1.82) is 4.78 Å². The van der Waals surface area contributed by atoms with Crippen LogP contribution in [-0.4, -0.2) is 32.8 Å². The molecule has 0 aromatic heterocycles. The van der Waals surface area contributed by atoms with Gasteiger partial charge in [0, 0.05) is 11.5 Å². The minimum atomic E-state index is -1.01. The molecule has 0 unspecified atom stereocenters. The summed E-state index contributed by atoms with van der Waals surface area (Å²) in [5.74, 6) is -0.0922. The summed E-state index contributed by atoms with van der Waals surface area (Å²) in [5, 5.41) is 8.72. The highest BCUT2D eigenvalue weighted by atomic mass is 32.2. The summed E-state index contributed by atoms with van der Waals surface area (Å²) in [5.41, 5.74) is 4.60. The maximum absolute atomic E-state index is 10.6. The number of carboxylic acids is 1. The molecule has 86 valence electrons. The summed E-state index contributed by atoms with van der Waals surface area (Å²) < 4.78 is 14.3. The van der Waals surface area contributed by atoms with Crippen LogP contribution in [-0.2, 0) is 16.3 Å². The monoisotopic (exact) mass is 242 g/mol. The van der Waals surface area contributed by atoms with E-state index in [0.717, 1.165) is 5.75 Å². The van der Waals surface area contributed by atoms with Crippen molar-refractivity contribution in [3.63, 3.8) is 0 Å². The van der Waals surface area contributed by atoms with E-state index in [1.807, 2.05) is 6.26 Å². The Morgan fingerprint density at radius 3 is 2.36 bits per heavy atom. The van der Waals surface area contributed by atoms with Crippen molar-refractivity contribution in [3.05, 3.63) is 0 Å². The van der Waals surface area contributed by atoms with Gasteiger partial charge in [-0.1, -0.05) is 6.92 Å². The molecule has 0 aliphatic heterocycles. The van der Waals surface area contributed by atoms with Gasteiger partial charge in [-0.15, -0.1) is 0 Å². The smallest absolute Gasteiger partial charge is 0.323 e. The van der Waals surface area contributed by atoms with Gasteiger partial charge in [0.1, 0.15) is 5.54 Å². The summed E-state index contributed by atoms with van der Waals surface area (Å²) in [7, 11) is 0. The summed E-state index contributed by atoms with van der Waals surface area (Å²) in [4.78, 5) is 10.6. The largest absolute Gasteiger partial charge is 0.480 e. The fourth-order valence-corrected chi connectivity index (χ4v) is 1.29. The average Bonchev–Trinajstić information content (AvgIpc) is 2.15. The quantitative estimate of drug-likeness (QED) is 0.645. The molecule has 14 heavy (non-hydrogen) atoms. The SMILES string of the molecule is CC[C@](N)(CCSC)C(=O)O.N=[SH2]=O. The van der Waals surface area contributed by atoms with Crippen molar-refractivity contribution in [2.75, 3.05) is 12.0 Å². The van der Waals surface area contributed by atoms with E-state index in [2.05, 4.69) is 0 Å². The first-order valence-electron chi connectivity index (χ1n) is 4.03. The van der Waals surface area contributed by atoms with Crippen LogP contribution in [0.25, 0.3) is 0 Å². The van der Waals surface area contributed by atoms with Gasteiger partial charge in [0.2, 0.25) is 0 Å². The molecule has 0 amide bonds. The van der Waals surface area contributed by atoms with Gasteiger partial charge >= 0.3 is 5.97 Å². The van der Waals surface area contributed by atoms with Crippen molar-refractivity contribution in [1.82, 2.24) is 0 Å². The van der Waals surface area contributed by atoms with Gasteiger partial charge < -0.3 is 10.8 Å². The molecule has 0 rings (SSSR count). The van der Waals surface area contributed by atoms with Gasteiger partial charge in [-0.3, -0.25) is 13.8 Å². The molecular weight excluding hydrogens is 224 g/mol. The molecule has 7 heteroatoms. The minimum absolute atomic E-state index is 0.489. The van der Waals surface area contributed by atoms with E-state index in [1.54, 1.807) is 18.7 Å². The lowest BCUT2D eigenvalue weighted by atomic mass is 9.95. The molecule has 0 radical (unpaired) electrons. The Morgan fingerprint density at radius 1 is 1.71 bits per heavy atom. The zero-order valence-corrected chi connectivity index (χ0v) is 10.2. The highest BCUT2D eigenvalue weighted by Crippen LogP contribution is 2.14. The third-order valence-electron chi connectivity index (χ3n) is 1.81. The molecule has 4 N–H and O–H groups in total. The van der Waals surface area contributed by atoms with Crippen LogP contribution in [0.1, 0.15) is 19.8 Å². The van der Waals surface area contributed by atoms with Gasteiger partial charge in [0.25, 0.3) is 0 Å². The van der Waals surface area contributed by atoms with Crippen LogP contribution in [0.5, 0.6) is 0 Å². The lowest BCUT2D eigenvalue weighted by Gasteiger charge is -2.21. The zero-order chi connectivity index (χ0) is 11.6. The van der Waals surface area contributed by atoms with Gasteiger partial charge in [-0.2, -0.15) is 11.8 Å². The first-order valence-corrected chi connectivity index (χ1v) is 6.33. The summed E-state index contributed by atoms with van der Waals surface area (Å²) in [6.07, 6.45) is 2.97.